The van der Waals surface area contributed by atoms with Crippen molar-refractivity contribution >= 4 is 29.6 Å². The number of anilines is 1. The van der Waals surface area contributed by atoms with Gasteiger partial charge in [-0.05, 0) is 54.5 Å². The van der Waals surface area contributed by atoms with E-state index in [9.17, 15) is 23.9 Å². The second-order valence-corrected chi connectivity index (χ2v) is 6.16. The van der Waals surface area contributed by atoms with Gasteiger partial charge >= 0.3 is 6.03 Å². The van der Waals surface area contributed by atoms with Gasteiger partial charge in [0.1, 0.15) is 11.4 Å². The minimum Gasteiger partial charge on any atom is -0.504 e. The van der Waals surface area contributed by atoms with Gasteiger partial charge in [0.15, 0.2) is 11.5 Å². The third-order valence-electron chi connectivity index (χ3n) is 4.26. The lowest BCUT2D eigenvalue weighted by Crippen LogP contribution is -2.54. The molecule has 1 aliphatic heterocycles. The number of barbiturate groups is 1. The SMILES string of the molecule is C=CCc1cc(/C=C2\C(=O)NC(=O)N(c3ccc(F)cc3)C2=O)cc(OC)c1O. The molecule has 7 nitrogen and oxygen atoms in total. The lowest BCUT2D eigenvalue weighted by atomic mass is 10.0. The van der Waals surface area contributed by atoms with Crippen LogP contribution in [0.5, 0.6) is 11.5 Å². The fourth-order valence-corrected chi connectivity index (χ4v) is 2.89. The molecule has 0 aliphatic carbocycles. The van der Waals surface area contributed by atoms with Crippen molar-refractivity contribution in [2.75, 3.05) is 12.0 Å². The predicted octanol–water partition coefficient (Wildman–Crippen LogP) is 2.93. The highest BCUT2D eigenvalue weighted by atomic mass is 19.1. The Morgan fingerprint density at radius 1 is 1.21 bits per heavy atom. The van der Waals surface area contributed by atoms with E-state index in [0.29, 0.717) is 17.5 Å². The third kappa shape index (κ3) is 3.86. The van der Waals surface area contributed by atoms with Crippen LogP contribution in [0.1, 0.15) is 11.1 Å². The number of benzene rings is 2. The summed E-state index contributed by atoms with van der Waals surface area (Å²) in [7, 11) is 1.37. The first kappa shape index (κ1) is 19.8. The molecule has 2 aromatic rings. The molecular weight excluding hydrogens is 379 g/mol. The molecule has 2 N–H and O–H groups in total. The Kier molecular flexibility index (Phi) is 5.45. The van der Waals surface area contributed by atoms with Gasteiger partial charge < -0.3 is 9.84 Å². The van der Waals surface area contributed by atoms with Crippen LogP contribution < -0.4 is 15.0 Å². The number of hydrogen-bond donors (Lipinski definition) is 2. The van der Waals surface area contributed by atoms with Crippen LogP contribution in [0, 0.1) is 5.82 Å². The van der Waals surface area contributed by atoms with Crippen molar-refractivity contribution in [1.82, 2.24) is 5.32 Å². The molecule has 1 heterocycles. The minimum atomic E-state index is -0.931. The van der Waals surface area contributed by atoms with Crippen molar-refractivity contribution < 1.29 is 28.6 Å². The molecule has 29 heavy (non-hydrogen) atoms. The standard InChI is InChI=1S/C21H17FN2O5/c1-3-4-13-9-12(11-17(29-2)18(13)25)10-16-19(26)23-21(28)24(20(16)27)15-7-5-14(22)6-8-15/h3,5-11,25H,1,4H2,2H3,(H,23,26,28)/b16-10+. The highest BCUT2D eigenvalue weighted by Crippen LogP contribution is 2.33. The summed E-state index contributed by atoms with van der Waals surface area (Å²) in [5, 5.41) is 12.3. The van der Waals surface area contributed by atoms with Gasteiger partial charge in [-0.1, -0.05) is 6.08 Å². The van der Waals surface area contributed by atoms with E-state index in [2.05, 4.69) is 11.9 Å². The van der Waals surface area contributed by atoms with Gasteiger partial charge in [0.2, 0.25) is 0 Å². The first-order chi connectivity index (χ1) is 13.8. The van der Waals surface area contributed by atoms with Crippen molar-refractivity contribution in [3.63, 3.8) is 0 Å². The number of allylic oxidation sites excluding steroid dienone is 1. The van der Waals surface area contributed by atoms with Gasteiger partial charge in [-0.25, -0.2) is 14.1 Å². The molecule has 0 saturated carbocycles. The van der Waals surface area contributed by atoms with Crippen LogP contribution in [0.15, 0.2) is 54.6 Å². The smallest absolute Gasteiger partial charge is 0.335 e. The Bertz CT molecular complexity index is 1040. The van der Waals surface area contributed by atoms with E-state index in [-0.39, 0.29) is 22.8 Å². The number of urea groups is 1. The molecule has 0 bridgehead atoms. The van der Waals surface area contributed by atoms with Crippen LogP contribution >= 0.6 is 0 Å². The molecule has 0 spiro atoms. The first-order valence-corrected chi connectivity index (χ1v) is 8.53. The van der Waals surface area contributed by atoms with Gasteiger partial charge in [-0.2, -0.15) is 0 Å². The molecule has 2 aromatic carbocycles. The van der Waals surface area contributed by atoms with E-state index in [1.807, 2.05) is 0 Å². The topological polar surface area (TPSA) is 95.9 Å². The Morgan fingerprint density at radius 2 is 1.90 bits per heavy atom. The van der Waals surface area contributed by atoms with Crippen molar-refractivity contribution in [2.45, 2.75) is 6.42 Å². The van der Waals surface area contributed by atoms with Gasteiger partial charge in [0.05, 0.1) is 12.8 Å². The zero-order valence-corrected chi connectivity index (χ0v) is 15.4. The van der Waals surface area contributed by atoms with Crippen LogP contribution in [0.3, 0.4) is 0 Å². The van der Waals surface area contributed by atoms with Crippen molar-refractivity contribution in [3.8, 4) is 11.5 Å². The fourth-order valence-electron chi connectivity index (χ4n) is 2.89. The highest BCUT2D eigenvalue weighted by molar-refractivity contribution is 6.39. The number of carbonyl (C=O) groups excluding carboxylic acids is 3. The number of hydrogen-bond acceptors (Lipinski definition) is 5. The molecule has 148 valence electrons. The molecule has 1 saturated heterocycles. The Labute approximate surface area is 165 Å². The largest absolute Gasteiger partial charge is 0.504 e. The van der Waals surface area contributed by atoms with Gasteiger partial charge in [-0.3, -0.25) is 14.9 Å². The van der Waals surface area contributed by atoms with Gasteiger partial charge in [0, 0.05) is 5.56 Å². The molecule has 0 atom stereocenters. The van der Waals surface area contributed by atoms with E-state index >= 15 is 0 Å². The lowest BCUT2D eigenvalue weighted by Gasteiger charge is -2.26. The van der Waals surface area contributed by atoms with E-state index < -0.39 is 23.7 Å². The zero-order chi connectivity index (χ0) is 21.1. The summed E-state index contributed by atoms with van der Waals surface area (Å²) < 4.78 is 18.3. The average Bonchev–Trinajstić information content (AvgIpc) is 2.68. The molecular formula is C21H17FN2O5. The summed E-state index contributed by atoms with van der Waals surface area (Å²) in [6.45, 7) is 3.62. The van der Waals surface area contributed by atoms with Gasteiger partial charge in [-0.15, -0.1) is 6.58 Å². The molecule has 1 aliphatic rings. The molecule has 0 radical (unpaired) electrons. The second kappa shape index (κ2) is 7.97. The third-order valence-corrected chi connectivity index (χ3v) is 4.26. The van der Waals surface area contributed by atoms with Crippen molar-refractivity contribution in [3.05, 3.63) is 71.6 Å². The predicted molar refractivity (Wildman–Crippen MR) is 104 cm³/mol. The molecule has 3 rings (SSSR count). The number of phenolic OH excluding ortho intramolecular Hbond substituents is 1. The Morgan fingerprint density at radius 3 is 2.52 bits per heavy atom. The maximum Gasteiger partial charge on any atom is 0.335 e. The summed E-state index contributed by atoms with van der Waals surface area (Å²) >= 11 is 0. The molecule has 0 unspecified atom stereocenters. The fraction of sp³-hybridized carbons (Fsp3) is 0.0952. The summed E-state index contributed by atoms with van der Waals surface area (Å²) in [5.41, 5.74) is 0.707. The normalized spacial score (nSPS) is 15.4. The monoisotopic (exact) mass is 396 g/mol. The number of nitrogens with zero attached hydrogens (tertiary/aromatic N) is 1. The Hall–Kier alpha value is -3.94. The lowest BCUT2D eigenvalue weighted by molar-refractivity contribution is -0.122. The van der Waals surface area contributed by atoms with Crippen molar-refractivity contribution in [1.29, 1.82) is 0 Å². The molecule has 1 fully saturated rings. The van der Waals surface area contributed by atoms with E-state index in [4.69, 9.17) is 4.74 Å². The van der Waals surface area contributed by atoms with E-state index in [1.54, 1.807) is 12.1 Å². The van der Waals surface area contributed by atoms with Crippen LogP contribution in [-0.2, 0) is 16.0 Å². The maximum atomic E-state index is 13.2. The summed E-state index contributed by atoms with van der Waals surface area (Å²) in [4.78, 5) is 38.0. The van der Waals surface area contributed by atoms with Crippen LogP contribution in [0.4, 0.5) is 14.9 Å². The number of imide groups is 2. The summed E-state index contributed by atoms with van der Waals surface area (Å²) in [6.07, 6.45) is 3.20. The number of amides is 4. The maximum absolute atomic E-state index is 13.2. The first-order valence-electron chi connectivity index (χ1n) is 8.53. The number of aromatic hydroxyl groups is 1. The Balaban J connectivity index is 2.06. The number of rotatable bonds is 5. The number of ether oxygens (including phenoxy) is 1. The van der Waals surface area contributed by atoms with Crippen LogP contribution in [0.25, 0.3) is 6.08 Å². The van der Waals surface area contributed by atoms with Crippen LogP contribution in [0.2, 0.25) is 0 Å². The van der Waals surface area contributed by atoms with E-state index in [0.717, 1.165) is 17.0 Å². The highest BCUT2D eigenvalue weighted by Gasteiger charge is 2.36. The van der Waals surface area contributed by atoms with E-state index in [1.165, 1.54) is 31.4 Å². The summed E-state index contributed by atoms with van der Waals surface area (Å²) in [5.74, 6) is -2.17. The average molecular weight is 396 g/mol. The number of nitrogens with one attached hydrogen (secondary N) is 1. The number of methoxy groups -OCH3 is 1. The molecule has 8 heteroatoms. The number of carbonyl (C=O) groups is 3. The minimum absolute atomic E-state index is 0.0721. The zero-order valence-electron chi connectivity index (χ0n) is 15.4. The second-order valence-electron chi connectivity index (χ2n) is 6.16. The number of halogens is 1. The molecule has 4 amide bonds. The quantitative estimate of drug-likeness (QED) is 0.460. The van der Waals surface area contributed by atoms with Crippen LogP contribution in [-0.4, -0.2) is 30.1 Å². The molecule has 0 aromatic heterocycles. The number of phenols is 1. The van der Waals surface area contributed by atoms with Gasteiger partial charge in [0.25, 0.3) is 11.8 Å². The van der Waals surface area contributed by atoms with Crippen molar-refractivity contribution in [2.24, 2.45) is 0 Å². The summed E-state index contributed by atoms with van der Waals surface area (Å²) in [6, 6.07) is 6.81.